The number of ether oxygens (including phenoxy) is 1. The number of carbonyl (C=O) groups excluding carboxylic acids is 1. The second-order valence-corrected chi connectivity index (χ2v) is 7.20. The molecule has 29 heavy (non-hydrogen) atoms. The van der Waals surface area contributed by atoms with Gasteiger partial charge < -0.3 is 9.15 Å². The van der Waals surface area contributed by atoms with Gasteiger partial charge in [-0.05, 0) is 18.6 Å². The average Bonchev–Trinajstić information content (AvgIpc) is 3.43. The number of furan rings is 1. The highest BCUT2D eigenvalue weighted by Crippen LogP contribution is 2.47. The Balaban J connectivity index is 1.62. The summed E-state index contributed by atoms with van der Waals surface area (Å²) < 4.78 is 13.5. The van der Waals surface area contributed by atoms with Gasteiger partial charge in [-0.1, -0.05) is 30.3 Å². The molecule has 0 amide bonds. The van der Waals surface area contributed by atoms with E-state index < -0.39 is 5.92 Å². The van der Waals surface area contributed by atoms with E-state index in [-0.39, 0.29) is 5.78 Å². The van der Waals surface area contributed by atoms with Crippen molar-refractivity contribution in [2.24, 2.45) is 0 Å². The Morgan fingerprint density at radius 1 is 1.07 bits per heavy atom. The minimum atomic E-state index is -0.402. The van der Waals surface area contributed by atoms with Gasteiger partial charge in [0.15, 0.2) is 17.3 Å². The monoisotopic (exact) mass is 384 g/mol. The molecule has 2 aliphatic rings. The molecule has 0 radical (unpaired) electrons. The van der Waals surface area contributed by atoms with E-state index >= 15 is 0 Å². The van der Waals surface area contributed by atoms with Gasteiger partial charge in [0.1, 0.15) is 17.8 Å². The predicted molar refractivity (Wildman–Crippen MR) is 103 cm³/mol. The van der Waals surface area contributed by atoms with Crippen LogP contribution in [0.15, 0.2) is 70.8 Å². The molecule has 0 saturated carbocycles. The number of hydrogen-bond donors (Lipinski definition) is 0. The van der Waals surface area contributed by atoms with Crippen LogP contribution in [0.2, 0.25) is 0 Å². The largest absolute Gasteiger partial charge is 0.468 e. The van der Waals surface area contributed by atoms with Gasteiger partial charge in [-0.25, -0.2) is 14.5 Å². The van der Waals surface area contributed by atoms with Crippen LogP contribution in [0.3, 0.4) is 0 Å². The third kappa shape index (κ3) is 2.44. The van der Waals surface area contributed by atoms with Crippen molar-refractivity contribution in [1.29, 1.82) is 0 Å². The summed E-state index contributed by atoms with van der Waals surface area (Å²) in [6.07, 6.45) is 5.22. The van der Waals surface area contributed by atoms with Crippen molar-refractivity contribution < 1.29 is 13.9 Å². The molecule has 4 heterocycles. The maximum absolute atomic E-state index is 12.9. The van der Waals surface area contributed by atoms with Crippen LogP contribution in [0.4, 0.5) is 0 Å². The Bertz CT molecular complexity index is 1270. The first-order chi connectivity index (χ1) is 14.3. The van der Waals surface area contributed by atoms with Crippen LogP contribution in [0.25, 0.3) is 17.0 Å². The van der Waals surface area contributed by atoms with Crippen LogP contribution in [0, 0.1) is 0 Å². The van der Waals surface area contributed by atoms with Crippen molar-refractivity contribution >= 4 is 11.4 Å². The molecular formula is C22H16N4O3. The highest BCUT2D eigenvalue weighted by Gasteiger charge is 2.40. The average molecular weight is 384 g/mol. The second kappa shape index (κ2) is 6.13. The van der Waals surface area contributed by atoms with Crippen LogP contribution in [-0.2, 0) is 4.79 Å². The van der Waals surface area contributed by atoms with E-state index in [1.807, 2.05) is 42.5 Å². The zero-order valence-corrected chi connectivity index (χ0v) is 15.4. The molecule has 0 bridgehead atoms. The molecule has 4 aromatic rings. The summed E-state index contributed by atoms with van der Waals surface area (Å²) in [5.74, 6) is 2.10. The molecule has 0 fully saturated rings. The van der Waals surface area contributed by atoms with Gasteiger partial charge in [-0.15, -0.1) is 5.10 Å². The lowest BCUT2D eigenvalue weighted by molar-refractivity contribution is -0.116. The van der Waals surface area contributed by atoms with Crippen molar-refractivity contribution in [1.82, 2.24) is 19.6 Å². The minimum Gasteiger partial charge on any atom is -0.468 e. The topological polar surface area (TPSA) is 82.5 Å². The van der Waals surface area contributed by atoms with E-state index in [0.717, 1.165) is 12.0 Å². The number of allylic oxidation sites excluding steroid dienone is 2. The van der Waals surface area contributed by atoms with Gasteiger partial charge in [0, 0.05) is 24.0 Å². The number of aromatic nitrogens is 4. The van der Waals surface area contributed by atoms with Gasteiger partial charge in [0.25, 0.3) is 0 Å². The summed E-state index contributed by atoms with van der Waals surface area (Å²) in [6, 6.07) is 13.5. The van der Waals surface area contributed by atoms with Crippen molar-refractivity contribution in [3.63, 3.8) is 0 Å². The summed E-state index contributed by atoms with van der Waals surface area (Å²) in [5, 5.41) is 4.59. The van der Waals surface area contributed by atoms with E-state index in [1.165, 1.54) is 0 Å². The smallest absolute Gasteiger partial charge is 0.228 e. The van der Waals surface area contributed by atoms with E-state index in [4.69, 9.17) is 14.1 Å². The van der Waals surface area contributed by atoms with Crippen LogP contribution in [0.1, 0.15) is 36.5 Å². The van der Waals surface area contributed by atoms with Crippen LogP contribution >= 0.6 is 0 Å². The summed E-state index contributed by atoms with van der Waals surface area (Å²) in [6.45, 7) is 0. The van der Waals surface area contributed by atoms with Gasteiger partial charge >= 0.3 is 0 Å². The van der Waals surface area contributed by atoms with E-state index in [2.05, 4.69) is 10.1 Å². The Labute approximate surface area is 165 Å². The number of ketones is 1. The molecule has 7 heteroatoms. The van der Waals surface area contributed by atoms with Crippen molar-refractivity contribution in [3.8, 4) is 17.3 Å². The van der Waals surface area contributed by atoms with E-state index in [0.29, 0.717) is 52.8 Å². The SMILES string of the molecule is O=C1CCCC2=C1[C@H](c1ccco1)c1c(ncn3nc(-c4ccccc4)nc13)O2. The number of fused-ring (bicyclic) bond motifs is 3. The predicted octanol–water partition coefficient (Wildman–Crippen LogP) is 3.92. The highest BCUT2D eigenvalue weighted by atomic mass is 16.5. The fourth-order valence-electron chi connectivity index (χ4n) is 4.17. The Hall–Kier alpha value is -3.74. The second-order valence-electron chi connectivity index (χ2n) is 7.20. The third-order valence-corrected chi connectivity index (χ3v) is 5.45. The van der Waals surface area contributed by atoms with Gasteiger partial charge in [-0.3, -0.25) is 4.79 Å². The maximum Gasteiger partial charge on any atom is 0.228 e. The van der Waals surface area contributed by atoms with Gasteiger partial charge in [0.2, 0.25) is 5.88 Å². The number of hydrogen-bond acceptors (Lipinski definition) is 6. The quantitative estimate of drug-likeness (QED) is 0.521. The molecule has 1 aliphatic heterocycles. The third-order valence-electron chi connectivity index (χ3n) is 5.45. The number of nitrogens with zero attached hydrogens (tertiary/aromatic N) is 4. The van der Waals surface area contributed by atoms with Gasteiger partial charge in [0.05, 0.1) is 17.7 Å². The fraction of sp³-hybridized carbons (Fsp3) is 0.182. The molecule has 1 atom stereocenters. The lowest BCUT2D eigenvalue weighted by atomic mass is 9.80. The fourth-order valence-corrected chi connectivity index (χ4v) is 4.17. The van der Waals surface area contributed by atoms with Crippen LogP contribution in [0.5, 0.6) is 5.88 Å². The lowest BCUT2D eigenvalue weighted by Crippen LogP contribution is -2.26. The number of carbonyl (C=O) groups is 1. The van der Waals surface area contributed by atoms with Crippen molar-refractivity contribution in [2.75, 3.05) is 0 Å². The molecule has 0 N–H and O–H groups in total. The molecule has 0 spiro atoms. The molecule has 0 unspecified atom stereocenters. The molecule has 142 valence electrons. The normalized spacial score (nSPS) is 18.5. The molecule has 6 rings (SSSR count). The van der Waals surface area contributed by atoms with Crippen molar-refractivity contribution in [2.45, 2.75) is 25.2 Å². The summed E-state index contributed by atoms with van der Waals surface area (Å²) >= 11 is 0. The molecule has 0 saturated heterocycles. The molecule has 7 nitrogen and oxygen atoms in total. The Kier molecular flexibility index (Phi) is 3.43. The standard InChI is InChI=1S/C22H16N4O3/c27-14-8-4-9-16-17(14)18(15-10-5-11-28-15)19-21-24-20(13-6-2-1-3-7-13)25-26(21)12-23-22(19)29-16/h1-3,5-7,10-12,18H,4,8-9H2/t18-/m0/s1. The lowest BCUT2D eigenvalue weighted by Gasteiger charge is -2.30. The van der Waals surface area contributed by atoms with E-state index in [9.17, 15) is 4.79 Å². The molecular weight excluding hydrogens is 368 g/mol. The first-order valence-electron chi connectivity index (χ1n) is 9.58. The number of benzene rings is 1. The highest BCUT2D eigenvalue weighted by molar-refractivity contribution is 5.99. The first kappa shape index (κ1) is 16.2. The maximum atomic E-state index is 12.9. The van der Waals surface area contributed by atoms with Gasteiger partial charge in [-0.2, -0.15) is 0 Å². The Morgan fingerprint density at radius 2 is 1.97 bits per heavy atom. The number of Topliss-reactive ketones (excluding diaryl/α,β-unsaturated/α-hetero) is 1. The van der Waals surface area contributed by atoms with Crippen LogP contribution < -0.4 is 4.74 Å². The number of rotatable bonds is 2. The van der Waals surface area contributed by atoms with Crippen LogP contribution in [-0.4, -0.2) is 25.4 Å². The molecule has 3 aromatic heterocycles. The Morgan fingerprint density at radius 3 is 2.79 bits per heavy atom. The zero-order chi connectivity index (χ0) is 19.4. The molecule has 1 aromatic carbocycles. The summed E-state index contributed by atoms with van der Waals surface area (Å²) in [7, 11) is 0. The summed E-state index contributed by atoms with van der Waals surface area (Å²) in [5.41, 5.74) is 2.88. The summed E-state index contributed by atoms with van der Waals surface area (Å²) in [4.78, 5) is 22.1. The van der Waals surface area contributed by atoms with Crippen molar-refractivity contribution in [3.05, 3.63) is 77.7 Å². The van der Waals surface area contributed by atoms with E-state index in [1.54, 1.807) is 17.1 Å². The minimum absolute atomic E-state index is 0.0862. The zero-order valence-electron chi connectivity index (χ0n) is 15.4. The molecule has 1 aliphatic carbocycles. The first-order valence-corrected chi connectivity index (χ1v) is 9.58.